The third-order valence-electron chi connectivity index (χ3n) is 4.60. The minimum absolute atomic E-state index is 0.0138. The highest BCUT2D eigenvalue weighted by Crippen LogP contribution is 2.19. The molecular weight excluding hydrogens is 278 g/mol. The zero-order valence-electron chi connectivity index (χ0n) is 13.2. The number of nitrogens with one attached hydrogen (secondary N) is 1. The highest BCUT2D eigenvalue weighted by Gasteiger charge is 2.42. The number of nitrogens with zero attached hydrogens (tertiary/aromatic N) is 2. The van der Waals surface area contributed by atoms with Crippen LogP contribution < -0.4 is 5.32 Å². The average molecular weight is 301 g/mol. The Morgan fingerprint density at radius 1 is 1.18 bits per heavy atom. The maximum Gasteiger partial charge on any atom is 0.245 e. The Hall–Kier alpha value is -1.88. The van der Waals surface area contributed by atoms with Crippen molar-refractivity contribution < 1.29 is 9.59 Å². The fourth-order valence-corrected chi connectivity index (χ4v) is 3.23. The molecule has 0 bridgehead atoms. The Kier molecular flexibility index (Phi) is 4.16. The summed E-state index contributed by atoms with van der Waals surface area (Å²) in [6.07, 6.45) is 0.654. The van der Waals surface area contributed by atoms with Crippen LogP contribution in [0.3, 0.4) is 0 Å². The van der Waals surface area contributed by atoms with Crippen molar-refractivity contribution in [3.63, 3.8) is 0 Å². The lowest BCUT2D eigenvalue weighted by Crippen LogP contribution is -2.68. The fraction of sp³-hybridized carbons (Fsp3) is 0.529. The van der Waals surface area contributed by atoms with E-state index in [0.717, 1.165) is 13.1 Å². The van der Waals surface area contributed by atoms with Crippen LogP contribution in [-0.4, -0.2) is 53.3 Å². The van der Waals surface area contributed by atoms with Crippen LogP contribution in [0, 0.1) is 6.92 Å². The van der Waals surface area contributed by atoms with E-state index in [0.29, 0.717) is 19.5 Å². The van der Waals surface area contributed by atoms with Crippen LogP contribution in [0.15, 0.2) is 24.3 Å². The van der Waals surface area contributed by atoms with E-state index in [1.807, 2.05) is 6.92 Å². The topological polar surface area (TPSA) is 52.7 Å². The second kappa shape index (κ2) is 6.08. The van der Waals surface area contributed by atoms with Gasteiger partial charge in [0, 0.05) is 26.2 Å². The number of rotatable bonds is 3. The molecule has 5 heteroatoms. The molecule has 2 saturated heterocycles. The lowest BCUT2D eigenvalue weighted by atomic mass is 10.0. The second-order valence-electron chi connectivity index (χ2n) is 6.24. The molecule has 2 heterocycles. The van der Waals surface area contributed by atoms with E-state index in [2.05, 4.69) is 41.4 Å². The Morgan fingerprint density at radius 3 is 2.59 bits per heavy atom. The van der Waals surface area contributed by atoms with E-state index in [4.69, 9.17) is 0 Å². The smallest absolute Gasteiger partial charge is 0.245 e. The van der Waals surface area contributed by atoms with Gasteiger partial charge in [-0.2, -0.15) is 0 Å². The van der Waals surface area contributed by atoms with E-state index in [9.17, 15) is 9.59 Å². The van der Waals surface area contributed by atoms with Gasteiger partial charge in [0.2, 0.25) is 11.8 Å². The predicted octanol–water partition coefficient (Wildman–Crippen LogP) is 0.916. The first kappa shape index (κ1) is 15.0. The van der Waals surface area contributed by atoms with Gasteiger partial charge in [0.05, 0.1) is 0 Å². The summed E-state index contributed by atoms with van der Waals surface area (Å²) < 4.78 is 0. The first-order valence-electron chi connectivity index (χ1n) is 7.97. The molecule has 0 aliphatic carbocycles. The molecule has 2 atom stereocenters. The van der Waals surface area contributed by atoms with Gasteiger partial charge in [-0.3, -0.25) is 14.5 Å². The summed E-state index contributed by atoms with van der Waals surface area (Å²) in [5, 5.41) is 2.85. The number of hydrogen-bond donors (Lipinski definition) is 1. The molecular formula is C17H23N3O2. The highest BCUT2D eigenvalue weighted by molar-refractivity contribution is 5.97. The van der Waals surface area contributed by atoms with Gasteiger partial charge in [0.25, 0.3) is 0 Å². The molecule has 2 aliphatic rings. The lowest BCUT2D eigenvalue weighted by molar-refractivity contribution is -0.153. The van der Waals surface area contributed by atoms with E-state index in [1.165, 1.54) is 11.1 Å². The number of fused-ring (bicyclic) bond motifs is 1. The van der Waals surface area contributed by atoms with E-state index in [-0.39, 0.29) is 23.9 Å². The van der Waals surface area contributed by atoms with Gasteiger partial charge in [0.15, 0.2) is 0 Å². The molecule has 0 saturated carbocycles. The Bertz CT molecular complexity index is 570. The van der Waals surface area contributed by atoms with Gasteiger partial charge in [-0.15, -0.1) is 0 Å². The van der Waals surface area contributed by atoms with E-state index >= 15 is 0 Å². The molecule has 2 aliphatic heterocycles. The highest BCUT2D eigenvalue weighted by atomic mass is 16.2. The predicted molar refractivity (Wildman–Crippen MR) is 84.2 cm³/mol. The molecule has 1 N–H and O–H groups in total. The van der Waals surface area contributed by atoms with Gasteiger partial charge in [-0.05, 0) is 18.9 Å². The van der Waals surface area contributed by atoms with Crippen LogP contribution in [0.4, 0.5) is 0 Å². The van der Waals surface area contributed by atoms with Crippen molar-refractivity contribution >= 4 is 11.8 Å². The molecule has 0 aromatic heterocycles. The van der Waals surface area contributed by atoms with Crippen LogP contribution in [0.5, 0.6) is 0 Å². The van der Waals surface area contributed by atoms with Gasteiger partial charge < -0.3 is 10.2 Å². The van der Waals surface area contributed by atoms with Crippen molar-refractivity contribution in [1.82, 2.24) is 15.1 Å². The molecule has 5 nitrogen and oxygen atoms in total. The minimum Gasteiger partial charge on any atom is -0.342 e. The van der Waals surface area contributed by atoms with Gasteiger partial charge in [-0.1, -0.05) is 36.8 Å². The molecule has 1 aromatic carbocycles. The molecule has 22 heavy (non-hydrogen) atoms. The molecule has 2 amide bonds. The van der Waals surface area contributed by atoms with Crippen LogP contribution in [0.25, 0.3) is 0 Å². The van der Waals surface area contributed by atoms with Gasteiger partial charge in [-0.25, -0.2) is 0 Å². The number of amides is 2. The normalized spacial score (nSPS) is 25.8. The summed E-state index contributed by atoms with van der Waals surface area (Å²) in [7, 11) is 0. The first-order valence-corrected chi connectivity index (χ1v) is 7.97. The molecule has 0 radical (unpaired) electrons. The van der Waals surface area contributed by atoms with Crippen molar-refractivity contribution in [2.24, 2.45) is 0 Å². The van der Waals surface area contributed by atoms with Crippen molar-refractivity contribution in [3.05, 3.63) is 35.4 Å². The van der Waals surface area contributed by atoms with Crippen LogP contribution >= 0.6 is 0 Å². The van der Waals surface area contributed by atoms with Crippen molar-refractivity contribution in [2.45, 2.75) is 38.9 Å². The molecule has 3 rings (SSSR count). The molecule has 2 fully saturated rings. The number of carbonyl (C=O) groups is 2. The van der Waals surface area contributed by atoms with Crippen LogP contribution in [-0.2, 0) is 16.1 Å². The average Bonchev–Trinajstić information content (AvgIpc) is 2.53. The Labute approximate surface area is 131 Å². The van der Waals surface area contributed by atoms with Gasteiger partial charge in [0.1, 0.15) is 12.1 Å². The maximum atomic E-state index is 12.3. The summed E-state index contributed by atoms with van der Waals surface area (Å²) in [6.45, 7) is 6.89. The zero-order valence-corrected chi connectivity index (χ0v) is 13.2. The lowest BCUT2D eigenvalue weighted by Gasteiger charge is -2.45. The second-order valence-corrected chi connectivity index (χ2v) is 6.24. The van der Waals surface area contributed by atoms with Crippen molar-refractivity contribution in [1.29, 1.82) is 0 Å². The molecule has 0 unspecified atom stereocenters. The van der Waals surface area contributed by atoms with E-state index in [1.54, 1.807) is 4.90 Å². The fourth-order valence-electron chi connectivity index (χ4n) is 3.23. The zero-order chi connectivity index (χ0) is 15.7. The molecule has 118 valence electrons. The number of hydrogen-bond acceptors (Lipinski definition) is 3. The Morgan fingerprint density at radius 2 is 1.91 bits per heavy atom. The van der Waals surface area contributed by atoms with Crippen LogP contribution in [0.2, 0.25) is 0 Å². The molecule has 0 spiro atoms. The van der Waals surface area contributed by atoms with Crippen molar-refractivity contribution in [2.75, 3.05) is 19.6 Å². The van der Waals surface area contributed by atoms with Crippen molar-refractivity contribution in [3.8, 4) is 0 Å². The number of benzene rings is 1. The summed E-state index contributed by atoms with van der Waals surface area (Å²) in [6, 6.07) is 7.78. The summed E-state index contributed by atoms with van der Waals surface area (Å²) in [5.74, 6) is 0.0575. The third-order valence-corrected chi connectivity index (χ3v) is 4.60. The molecule has 1 aromatic rings. The number of piperazine rings is 2. The number of carbonyl (C=O) groups excluding carboxylic acids is 2. The maximum absolute atomic E-state index is 12.3. The SMILES string of the molecule is CC[C@@H]1NC(=O)[C@H]2CN(Cc3ccc(C)cc3)CCN2C1=O. The summed E-state index contributed by atoms with van der Waals surface area (Å²) in [5.41, 5.74) is 2.49. The van der Waals surface area contributed by atoms with Crippen LogP contribution in [0.1, 0.15) is 24.5 Å². The summed E-state index contributed by atoms with van der Waals surface area (Å²) in [4.78, 5) is 28.6. The number of aryl methyl sites for hydroxylation is 1. The largest absolute Gasteiger partial charge is 0.342 e. The van der Waals surface area contributed by atoms with E-state index < -0.39 is 0 Å². The quantitative estimate of drug-likeness (QED) is 0.903. The summed E-state index contributed by atoms with van der Waals surface area (Å²) >= 11 is 0. The monoisotopic (exact) mass is 301 g/mol. The Balaban J connectivity index is 1.67. The standard InChI is InChI=1S/C17H23N3O2/c1-3-14-17(22)20-9-8-19(11-15(20)16(21)18-14)10-13-6-4-12(2)5-7-13/h4-7,14-15H,3,8-11H2,1-2H3,(H,18,21)/t14-,15+/m0/s1. The first-order chi connectivity index (χ1) is 10.6. The minimum atomic E-state index is -0.340. The third kappa shape index (κ3) is 2.86. The van der Waals surface area contributed by atoms with Gasteiger partial charge >= 0.3 is 0 Å².